The fourth-order valence-electron chi connectivity index (χ4n) is 4.97. The molecule has 0 aliphatic heterocycles. The Balaban J connectivity index is 1.82. The van der Waals surface area contributed by atoms with Crippen LogP contribution in [0.5, 0.6) is 11.5 Å². The lowest BCUT2D eigenvalue weighted by atomic mass is 9.92. The molecule has 0 aliphatic rings. The van der Waals surface area contributed by atoms with Crippen molar-refractivity contribution in [1.29, 1.82) is 0 Å². The van der Waals surface area contributed by atoms with Gasteiger partial charge in [-0.25, -0.2) is 13.9 Å². The van der Waals surface area contributed by atoms with E-state index >= 15 is 0 Å². The number of aryl methyl sites for hydroxylation is 2. The number of ether oxygens (including phenoxy) is 2. The molecule has 2 unspecified atom stereocenters. The van der Waals surface area contributed by atoms with Crippen LogP contribution < -0.4 is 15.0 Å². The summed E-state index contributed by atoms with van der Waals surface area (Å²) in [7, 11) is -1.02. The number of amides is 1. The molecule has 39 heavy (non-hydrogen) atoms. The molecule has 0 saturated carbocycles. The zero-order valence-electron chi connectivity index (χ0n) is 22.7. The van der Waals surface area contributed by atoms with E-state index in [1.165, 1.54) is 37.5 Å². The first-order valence-corrected chi connectivity index (χ1v) is 14.9. The van der Waals surface area contributed by atoms with Gasteiger partial charge < -0.3 is 9.47 Å². The molecule has 2 atom stereocenters. The molecular formula is C31H39NO6S. The fraction of sp³-hybridized carbons (Fsp3) is 0.387. The van der Waals surface area contributed by atoms with Gasteiger partial charge in [0.2, 0.25) is 5.91 Å². The van der Waals surface area contributed by atoms with Crippen molar-refractivity contribution in [2.24, 2.45) is 5.92 Å². The van der Waals surface area contributed by atoms with E-state index in [4.69, 9.17) is 9.47 Å². The third-order valence-electron chi connectivity index (χ3n) is 7.10. The number of sulfone groups is 1. The van der Waals surface area contributed by atoms with Crippen LogP contribution in [0.25, 0.3) is 0 Å². The van der Waals surface area contributed by atoms with E-state index in [0.717, 1.165) is 25.7 Å². The molecule has 1 amide bonds. The van der Waals surface area contributed by atoms with Gasteiger partial charge in [-0.2, -0.15) is 0 Å². The number of hydroxylamine groups is 1. The van der Waals surface area contributed by atoms with Gasteiger partial charge in [-0.1, -0.05) is 73.5 Å². The van der Waals surface area contributed by atoms with Crippen LogP contribution in [-0.2, 0) is 27.5 Å². The van der Waals surface area contributed by atoms with Gasteiger partial charge in [-0.15, -0.1) is 0 Å². The monoisotopic (exact) mass is 553 g/mol. The maximum atomic E-state index is 14.0. The number of hydrogen-bond acceptors (Lipinski definition) is 6. The van der Waals surface area contributed by atoms with Crippen LogP contribution in [0.1, 0.15) is 49.7 Å². The maximum Gasteiger partial charge on any atom is 0.247 e. The molecule has 0 aromatic heterocycles. The van der Waals surface area contributed by atoms with Crippen molar-refractivity contribution in [3.63, 3.8) is 0 Å². The standard InChI is InChI=1S/C31H39NO6S/c1-37-28-22-21-26(23-29(28)38-2)39(35,36)30(20-12-10-18-25-15-7-4-8-16-25)27(31(33)32-34)19-11-9-17-24-13-5-3-6-14-24/h3-8,13-16,21-23,27,30,34H,9-12,17-20H2,1-2H3,(H,32,33). The van der Waals surface area contributed by atoms with Gasteiger partial charge in [0.15, 0.2) is 21.3 Å². The number of unbranched alkanes of at least 4 members (excludes halogenated alkanes) is 2. The second-order valence-electron chi connectivity index (χ2n) is 9.65. The Morgan fingerprint density at radius 2 is 1.31 bits per heavy atom. The highest BCUT2D eigenvalue weighted by atomic mass is 32.2. The van der Waals surface area contributed by atoms with Crippen molar-refractivity contribution in [1.82, 2.24) is 5.48 Å². The van der Waals surface area contributed by atoms with Gasteiger partial charge in [-0.3, -0.25) is 10.0 Å². The molecule has 0 fully saturated rings. The normalized spacial score (nSPS) is 12.9. The van der Waals surface area contributed by atoms with Crippen LogP contribution in [-0.4, -0.2) is 39.0 Å². The molecule has 0 heterocycles. The number of rotatable bonds is 16. The lowest BCUT2D eigenvalue weighted by molar-refractivity contribution is -0.133. The fourth-order valence-corrected chi connectivity index (χ4v) is 7.01. The number of methoxy groups -OCH3 is 2. The van der Waals surface area contributed by atoms with Crippen molar-refractivity contribution in [3.8, 4) is 11.5 Å². The number of hydrogen-bond donors (Lipinski definition) is 2. The molecule has 0 radical (unpaired) electrons. The minimum atomic E-state index is -3.95. The van der Waals surface area contributed by atoms with Crippen LogP contribution in [0.4, 0.5) is 0 Å². The van der Waals surface area contributed by atoms with E-state index in [-0.39, 0.29) is 4.90 Å². The molecule has 8 heteroatoms. The minimum absolute atomic E-state index is 0.0632. The first-order chi connectivity index (χ1) is 18.9. The summed E-state index contributed by atoms with van der Waals surface area (Å²) in [6, 6.07) is 24.5. The summed E-state index contributed by atoms with van der Waals surface area (Å²) in [5, 5.41) is 8.56. The van der Waals surface area contributed by atoms with E-state index in [9.17, 15) is 18.4 Å². The van der Waals surface area contributed by atoms with Crippen molar-refractivity contribution in [2.45, 2.75) is 61.5 Å². The Kier molecular flexibility index (Phi) is 11.8. The first kappa shape index (κ1) is 30.2. The largest absolute Gasteiger partial charge is 0.493 e. The highest BCUT2D eigenvalue weighted by Gasteiger charge is 2.38. The summed E-state index contributed by atoms with van der Waals surface area (Å²) < 4.78 is 38.7. The Labute approximate surface area is 232 Å². The third kappa shape index (κ3) is 8.57. The summed E-state index contributed by atoms with van der Waals surface area (Å²) in [6.45, 7) is 0. The molecule has 7 nitrogen and oxygen atoms in total. The minimum Gasteiger partial charge on any atom is -0.493 e. The van der Waals surface area contributed by atoms with Gasteiger partial charge >= 0.3 is 0 Å². The van der Waals surface area contributed by atoms with E-state index in [1.54, 1.807) is 11.5 Å². The second kappa shape index (κ2) is 15.3. The molecule has 3 rings (SSSR count). The molecule has 3 aromatic rings. The number of carbonyl (C=O) groups excluding carboxylic acids is 1. The summed E-state index contributed by atoms with van der Waals surface area (Å²) in [6.07, 6.45) is 5.13. The molecule has 0 aliphatic carbocycles. The zero-order valence-corrected chi connectivity index (χ0v) is 23.5. The van der Waals surface area contributed by atoms with Crippen LogP contribution in [0, 0.1) is 5.92 Å². The van der Waals surface area contributed by atoms with Crippen LogP contribution >= 0.6 is 0 Å². The lowest BCUT2D eigenvalue weighted by Gasteiger charge is -2.26. The van der Waals surface area contributed by atoms with Crippen molar-refractivity contribution in [2.75, 3.05) is 14.2 Å². The third-order valence-corrected chi connectivity index (χ3v) is 9.37. The van der Waals surface area contributed by atoms with E-state index in [1.807, 2.05) is 48.5 Å². The SMILES string of the molecule is COc1ccc(S(=O)(=O)C(CCCCc2ccccc2)C(CCCCc2ccccc2)C(=O)NO)cc1OC. The van der Waals surface area contributed by atoms with Crippen LogP contribution in [0.3, 0.4) is 0 Å². The maximum absolute atomic E-state index is 14.0. The average Bonchev–Trinajstić information content (AvgIpc) is 2.98. The summed E-state index contributed by atoms with van der Waals surface area (Å²) in [5.41, 5.74) is 4.11. The second-order valence-corrected chi connectivity index (χ2v) is 11.8. The van der Waals surface area contributed by atoms with Gasteiger partial charge in [0.25, 0.3) is 0 Å². The van der Waals surface area contributed by atoms with Crippen molar-refractivity contribution >= 4 is 15.7 Å². The predicted octanol–water partition coefficient (Wildman–Crippen LogP) is 5.79. The van der Waals surface area contributed by atoms with E-state index in [2.05, 4.69) is 12.1 Å². The van der Waals surface area contributed by atoms with Gasteiger partial charge in [0, 0.05) is 6.07 Å². The molecule has 0 saturated heterocycles. The first-order valence-electron chi connectivity index (χ1n) is 13.4. The highest BCUT2D eigenvalue weighted by Crippen LogP contribution is 2.35. The van der Waals surface area contributed by atoms with Gasteiger partial charge in [-0.05, 0) is 61.8 Å². The summed E-state index contributed by atoms with van der Waals surface area (Å²) in [4.78, 5) is 13.0. The van der Waals surface area contributed by atoms with E-state index < -0.39 is 26.9 Å². The Morgan fingerprint density at radius 1 is 0.769 bits per heavy atom. The van der Waals surface area contributed by atoms with Crippen LogP contribution in [0.15, 0.2) is 83.8 Å². The number of nitrogens with one attached hydrogen (secondary N) is 1. The molecule has 0 bridgehead atoms. The smallest absolute Gasteiger partial charge is 0.247 e. The Hall–Kier alpha value is -3.36. The molecule has 3 aromatic carbocycles. The number of benzene rings is 3. The lowest BCUT2D eigenvalue weighted by Crippen LogP contribution is -2.40. The summed E-state index contributed by atoms with van der Waals surface area (Å²) >= 11 is 0. The summed E-state index contributed by atoms with van der Waals surface area (Å²) in [5.74, 6) is -0.860. The molecule has 210 valence electrons. The molecule has 2 N–H and O–H groups in total. The van der Waals surface area contributed by atoms with Crippen LogP contribution in [0.2, 0.25) is 0 Å². The molecular weight excluding hydrogens is 514 g/mol. The quantitative estimate of drug-likeness (QED) is 0.132. The van der Waals surface area contributed by atoms with Gasteiger partial charge in [0.05, 0.1) is 30.3 Å². The van der Waals surface area contributed by atoms with Gasteiger partial charge in [0.1, 0.15) is 0 Å². The Bertz CT molecular complexity index is 1260. The Morgan fingerprint density at radius 3 is 1.82 bits per heavy atom. The highest BCUT2D eigenvalue weighted by molar-refractivity contribution is 7.92. The zero-order chi connectivity index (χ0) is 28.1. The van der Waals surface area contributed by atoms with Crippen molar-refractivity contribution in [3.05, 3.63) is 90.0 Å². The number of carbonyl (C=O) groups is 1. The molecule has 0 spiro atoms. The topological polar surface area (TPSA) is 102 Å². The van der Waals surface area contributed by atoms with Crippen molar-refractivity contribution < 1.29 is 27.9 Å². The average molecular weight is 554 g/mol. The predicted molar refractivity (Wildman–Crippen MR) is 152 cm³/mol. The van der Waals surface area contributed by atoms with E-state index in [0.29, 0.717) is 37.2 Å².